The number of rotatable bonds is 3. The maximum Gasteiger partial charge on any atom is 0.229 e. The van der Waals surface area contributed by atoms with Gasteiger partial charge in [-0.15, -0.1) is 0 Å². The van der Waals surface area contributed by atoms with Crippen LogP contribution in [0.1, 0.15) is 43.7 Å². The number of carbonyl (C=O) groups excluding carboxylic acids is 1. The molecule has 1 aliphatic carbocycles. The Morgan fingerprint density at radius 2 is 1.68 bits per heavy atom. The molecule has 5 nitrogen and oxygen atoms in total. The van der Waals surface area contributed by atoms with Gasteiger partial charge in [-0.05, 0) is 18.4 Å². The zero-order valence-corrected chi connectivity index (χ0v) is 15.0. The molecule has 4 rings (SSSR count). The molecule has 2 saturated heterocycles. The second kappa shape index (κ2) is 7.85. The highest BCUT2D eigenvalue weighted by molar-refractivity contribution is 5.80. The van der Waals surface area contributed by atoms with E-state index >= 15 is 0 Å². The van der Waals surface area contributed by atoms with E-state index in [-0.39, 0.29) is 12.0 Å². The molecule has 136 valence electrons. The highest BCUT2D eigenvalue weighted by Crippen LogP contribution is 2.28. The van der Waals surface area contributed by atoms with Crippen LogP contribution in [-0.4, -0.2) is 54.5 Å². The number of nitrogens with one attached hydrogen (secondary N) is 2. The Labute approximate surface area is 150 Å². The number of benzene rings is 1. The van der Waals surface area contributed by atoms with Gasteiger partial charge in [-0.1, -0.05) is 49.6 Å². The Balaban J connectivity index is 1.35. The molecule has 2 aliphatic heterocycles. The van der Waals surface area contributed by atoms with Gasteiger partial charge in [0.15, 0.2) is 0 Å². The van der Waals surface area contributed by atoms with Crippen LogP contribution in [0.2, 0.25) is 0 Å². The van der Waals surface area contributed by atoms with Crippen LogP contribution in [0.5, 0.6) is 0 Å². The van der Waals surface area contributed by atoms with E-state index in [4.69, 9.17) is 0 Å². The second-order valence-corrected chi connectivity index (χ2v) is 7.67. The third-order valence-electron chi connectivity index (χ3n) is 6.17. The molecule has 2 unspecified atom stereocenters. The summed E-state index contributed by atoms with van der Waals surface area (Å²) in [6.45, 7) is 4.56. The predicted molar refractivity (Wildman–Crippen MR) is 98.8 cm³/mol. The van der Waals surface area contributed by atoms with Gasteiger partial charge in [-0.3, -0.25) is 15.1 Å². The highest BCUT2D eigenvalue weighted by Gasteiger charge is 2.37. The lowest BCUT2D eigenvalue weighted by atomic mass is 9.92. The molecule has 0 aromatic heterocycles. The summed E-state index contributed by atoms with van der Waals surface area (Å²) in [6, 6.07) is 11.1. The van der Waals surface area contributed by atoms with E-state index in [1.807, 2.05) is 18.2 Å². The summed E-state index contributed by atoms with van der Waals surface area (Å²) < 4.78 is 0. The predicted octanol–water partition coefficient (Wildman–Crippen LogP) is 1.93. The van der Waals surface area contributed by atoms with Crippen LogP contribution in [0.25, 0.3) is 0 Å². The third kappa shape index (κ3) is 3.73. The molecule has 0 spiro atoms. The van der Waals surface area contributed by atoms with Gasteiger partial charge < -0.3 is 4.90 Å². The minimum absolute atomic E-state index is 0.0105. The molecule has 1 aromatic carbocycles. The van der Waals surface area contributed by atoms with Crippen molar-refractivity contribution < 1.29 is 4.79 Å². The fourth-order valence-electron chi connectivity index (χ4n) is 4.69. The van der Waals surface area contributed by atoms with E-state index in [0.29, 0.717) is 12.5 Å². The van der Waals surface area contributed by atoms with Gasteiger partial charge in [0.25, 0.3) is 0 Å². The summed E-state index contributed by atoms with van der Waals surface area (Å²) in [5, 5.41) is 0. The quantitative estimate of drug-likeness (QED) is 0.881. The van der Waals surface area contributed by atoms with Crippen molar-refractivity contribution in [2.24, 2.45) is 5.92 Å². The van der Waals surface area contributed by atoms with Crippen LogP contribution in [0.4, 0.5) is 0 Å². The first-order valence-corrected chi connectivity index (χ1v) is 9.89. The highest BCUT2D eigenvalue weighted by atomic mass is 16.2. The molecule has 25 heavy (non-hydrogen) atoms. The van der Waals surface area contributed by atoms with Crippen molar-refractivity contribution in [3.63, 3.8) is 0 Å². The van der Waals surface area contributed by atoms with E-state index in [2.05, 4.69) is 32.8 Å². The average molecular weight is 342 g/mol. The topological polar surface area (TPSA) is 47.6 Å². The van der Waals surface area contributed by atoms with Gasteiger partial charge >= 0.3 is 0 Å². The SMILES string of the molecule is O=C(C1CNNC1c1ccccc1)N1CCN(C2CCCCC2)CC1. The molecular formula is C20H30N4O. The van der Waals surface area contributed by atoms with E-state index in [1.165, 1.54) is 37.7 Å². The second-order valence-electron chi connectivity index (χ2n) is 7.67. The lowest BCUT2D eigenvalue weighted by Crippen LogP contribution is -2.54. The van der Waals surface area contributed by atoms with Crippen molar-refractivity contribution in [1.82, 2.24) is 20.7 Å². The Hall–Kier alpha value is -1.43. The summed E-state index contributed by atoms with van der Waals surface area (Å²) >= 11 is 0. The standard InChI is InChI=1S/C20H30N4O/c25-20(18-15-21-22-19(18)16-7-3-1-4-8-16)24-13-11-23(12-14-24)17-9-5-2-6-10-17/h1,3-4,7-8,17-19,21-22H,2,5-6,9-15H2. The fraction of sp³-hybridized carbons (Fsp3) is 0.650. The van der Waals surface area contributed by atoms with Gasteiger partial charge in [-0.25, -0.2) is 5.43 Å². The molecule has 2 atom stereocenters. The number of hydrazine groups is 1. The van der Waals surface area contributed by atoms with Crippen molar-refractivity contribution >= 4 is 5.91 Å². The number of piperazine rings is 1. The van der Waals surface area contributed by atoms with Crippen LogP contribution in [0.15, 0.2) is 30.3 Å². The summed E-state index contributed by atoms with van der Waals surface area (Å²) in [5.74, 6) is 0.290. The number of carbonyl (C=O) groups is 1. The average Bonchev–Trinajstić information content (AvgIpc) is 3.19. The Bertz CT molecular complexity index is 564. The minimum Gasteiger partial charge on any atom is -0.340 e. The van der Waals surface area contributed by atoms with Gasteiger partial charge in [0.2, 0.25) is 5.91 Å². The van der Waals surface area contributed by atoms with Crippen molar-refractivity contribution in [3.05, 3.63) is 35.9 Å². The van der Waals surface area contributed by atoms with Crippen molar-refractivity contribution in [2.45, 2.75) is 44.2 Å². The number of amides is 1. The Morgan fingerprint density at radius 3 is 2.40 bits per heavy atom. The first-order chi connectivity index (χ1) is 12.3. The van der Waals surface area contributed by atoms with Gasteiger partial charge in [0, 0.05) is 38.8 Å². The molecule has 1 saturated carbocycles. The maximum absolute atomic E-state index is 13.1. The first-order valence-electron chi connectivity index (χ1n) is 9.89. The maximum atomic E-state index is 13.1. The third-order valence-corrected chi connectivity index (χ3v) is 6.17. The van der Waals surface area contributed by atoms with E-state index in [9.17, 15) is 4.79 Å². The van der Waals surface area contributed by atoms with Crippen molar-refractivity contribution in [1.29, 1.82) is 0 Å². The molecular weight excluding hydrogens is 312 g/mol. The van der Waals surface area contributed by atoms with Crippen molar-refractivity contribution in [2.75, 3.05) is 32.7 Å². The molecule has 0 radical (unpaired) electrons. The first kappa shape index (κ1) is 17.0. The van der Waals surface area contributed by atoms with Crippen LogP contribution in [0.3, 0.4) is 0 Å². The number of hydrogen-bond donors (Lipinski definition) is 2. The molecule has 0 bridgehead atoms. The van der Waals surface area contributed by atoms with Crippen molar-refractivity contribution in [3.8, 4) is 0 Å². The largest absolute Gasteiger partial charge is 0.340 e. The lowest BCUT2D eigenvalue weighted by molar-refractivity contribution is -0.137. The fourth-order valence-corrected chi connectivity index (χ4v) is 4.69. The van der Waals surface area contributed by atoms with Crippen LogP contribution in [0, 0.1) is 5.92 Å². The van der Waals surface area contributed by atoms with Crippen LogP contribution >= 0.6 is 0 Å². The molecule has 3 fully saturated rings. The monoisotopic (exact) mass is 342 g/mol. The van der Waals surface area contributed by atoms with Gasteiger partial charge in [0.05, 0.1) is 12.0 Å². The number of nitrogens with zero attached hydrogens (tertiary/aromatic N) is 2. The lowest BCUT2D eigenvalue weighted by Gasteiger charge is -2.41. The zero-order chi connectivity index (χ0) is 17.1. The molecule has 2 heterocycles. The Morgan fingerprint density at radius 1 is 0.960 bits per heavy atom. The summed E-state index contributed by atoms with van der Waals surface area (Å²) in [4.78, 5) is 17.8. The molecule has 3 aliphatic rings. The van der Waals surface area contributed by atoms with Crippen LogP contribution in [-0.2, 0) is 4.79 Å². The van der Waals surface area contributed by atoms with Gasteiger partial charge in [-0.2, -0.15) is 0 Å². The molecule has 1 aromatic rings. The van der Waals surface area contributed by atoms with E-state index in [0.717, 1.165) is 32.2 Å². The Kier molecular flexibility index (Phi) is 5.34. The summed E-state index contributed by atoms with van der Waals surface area (Å²) in [5.41, 5.74) is 7.68. The zero-order valence-electron chi connectivity index (χ0n) is 15.0. The van der Waals surface area contributed by atoms with Gasteiger partial charge in [0.1, 0.15) is 0 Å². The number of hydrogen-bond acceptors (Lipinski definition) is 4. The van der Waals surface area contributed by atoms with E-state index < -0.39 is 0 Å². The molecule has 5 heteroatoms. The minimum atomic E-state index is -0.0105. The summed E-state index contributed by atoms with van der Waals surface area (Å²) in [6.07, 6.45) is 6.85. The smallest absolute Gasteiger partial charge is 0.229 e. The molecule has 1 amide bonds. The normalized spacial score (nSPS) is 29.0. The summed E-state index contributed by atoms with van der Waals surface area (Å²) in [7, 11) is 0. The van der Waals surface area contributed by atoms with E-state index in [1.54, 1.807) is 0 Å². The van der Waals surface area contributed by atoms with Crippen LogP contribution < -0.4 is 10.9 Å². The molecule has 2 N–H and O–H groups in total.